The number of benzene rings is 1. The fourth-order valence-corrected chi connectivity index (χ4v) is 2.65. The van der Waals surface area contributed by atoms with E-state index >= 15 is 0 Å². The second-order valence-corrected chi connectivity index (χ2v) is 5.37. The average Bonchev–Trinajstić information content (AvgIpc) is 2.54. The molecule has 1 unspecified atom stereocenters. The van der Waals surface area contributed by atoms with E-state index in [9.17, 15) is 4.79 Å². The summed E-state index contributed by atoms with van der Waals surface area (Å²) in [5.74, 6) is 1.62. The number of hydrogen-bond acceptors (Lipinski definition) is 4. The zero-order valence-electron chi connectivity index (χ0n) is 13.0. The molecule has 1 fully saturated rings. The standard InChI is InChI=1S/C16H24N2O3/c1-12(16(19)18-8-6-17-7-9-18)10-13-4-5-14(20-2)15(11-13)21-3/h4-5,11-12,17H,6-10H2,1-3H3. The number of rotatable bonds is 5. The molecule has 0 bridgehead atoms. The van der Waals surface area contributed by atoms with Gasteiger partial charge in [-0.25, -0.2) is 0 Å². The van der Waals surface area contributed by atoms with E-state index in [0.717, 1.165) is 31.7 Å². The molecule has 5 heteroatoms. The van der Waals surface area contributed by atoms with Crippen molar-refractivity contribution in [2.75, 3.05) is 40.4 Å². The van der Waals surface area contributed by atoms with Crippen LogP contribution >= 0.6 is 0 Å². The van der Waals surface area contributed by atoms with Crippen LogP contribution in [0.3, 0.4) is 0 Å². The van der Waals surface area contributed by atoms with Crippen molar-refractivity contribution in [1.82, 2.24) is 10.2 Å². The van der Waals surface area contributed by atoms with Gasteiger partial charge in [-0.05, 0) is 24.1 Å². The molecule has 0 radical (unpaired) electrons. The Kier molecular flexibility index (Phi) is 5.44. The van der Waals surface area contributed by atoms with Gasteiger partial charge in [-0.2, -0.15) is 0 Å². The Bertz CT molecular complexity index is 484. The number of nitrogens with one attached hydrogen (secondary N) is 1. The van der Waals surface area contributed by atoms with Gasteiger partial charge in [-0.3, -0.25) is 4.79 Å². The van der Waals surface area contributed by atoms with E-state index in [1.165, 1.54) is 0 Å². The smallest absolute Gasteiger partial charge is 0.225 e. The number of hydrogen-bond donors (Lipinski definition) is 1. The lowest BCUT2D eigenvalue weighted by Gasteiger charge is -2.29. The quantitative estimate of drug-likeness (QED) is 0.889. The van der Waals surface area contributed by atoms with Crippen LogP contribution in [0.25, 0.3) is 0 Å². The molecule has 1 saturated heterocycles. The molecule has 0 aliphatic carbocycles. The van der Waals surface area contributed by atoms with E-state index in [2.05, 4.69) is 5.32 Å². The van der Waals surface area contributed by atoms with Crippen LogP contribution in [0.15, 0.2) is 18.2 Å². The van der Waals surface area contributed by atoms with Crippen LogP contribution in [0.4, 0.5) is 0 Å². The van der Waals surface area contributed by atoms with Crippen molar-refractivity contribution in [3.63, 3.8) is 0 Å². The summed E-state index contributed by atoms with van der Waals surface area (Å²) in [7, 11) is 3.24. The van der Waals surface area contributed by atoms with E-state index in [-0.39, 0.29) is 11.8 Å². The van der Waals surface area contributed by atoms with Crippen LogP contribution < -0.4 is 14.8 Å². The Labute approximate surface area is 126 Å². The molecule has 1 aliphatic rings. The third-order valence-electron chi connectivity index (χ3n) is 3.84. The van der Waals surface area contributed by atoms with E-state index in [0.29, 0.717) is 17.9 Å². The lowest BCUT2D eigenvalue weighted by molar-refractivity contribution is -0.135. The minimum atomic E-state index is -0.0267. The van der Waals surface area contributed by atoms with Gasteiger partial charge < -0.3 is 19.7 Å². The molecule has 0 saturated carbocycles. The lowest BCUT2D eigenvalue weighted by atomic mass is 9.99. The highest BCUT2D eigenvalue weighted by atomic mass is 16.5. The molecule has 0 aromatic heterocycles. The van der Waals surface area contributed by atoms with Crippen molar-refractivity contribution in [1.29, 1.82) is 0 Å². The zero-order valence-corrected chi connectivity index (χ0v) is 13.0. The van der Waals surface area contributed by atoms with Gasteiger partial charge in [0, 0.05) is 32.1 Å². The number of ether oxygens (including phenoxy) is 2. The van der Waals surface area contributed by atoms with Gasteiger partial charge in [0.05, 0.1) is 14.2 Å². The molecular formula is C16H24N2O3. The maximum atomic E-state index is 12.4. The number of piperazine rings is 1. The van der Waals surface area contributed by atoms with E-state index < -0.39 is 0 Å². The van der Waals surface area contributed by atoms with Crippen LogP contribution in [-0.4, -0.2) is 51.2 Å². The molecular weight excluding hydrogens is 268 g/mol. The molecule has 1 amide bonds. The average molecular weight is 292 g/mol. The maximum absolute atomic E-state index is 12.4. The predicted octanol–water partition coefficient (Wildman–Crippen LogP) is 1.31. The van der Waals surface area contributed by atoms with Crippen molar-refractivity contribution in [3.8, 4) is 11.5 Å². The Balaban J connectivity index is 2.01. The van der Waals surface area contributed by atoms with Crippen LogP contribution in [0.1, 0.15) is 12.5 Å². The molecule has 1 N–H and O–H groups in total. The number of nitrogens with zero attached hydrogens (tertiary/aromatic N) is 1. The Morgan fingerprint density at radius 1 is 1.24 bits per heavy atom. The fraction of sp³-hybridized carbons (Fsp3) is 0.562. The molecule has 1 heterocycles. The highest BCUT2D eigenvalue weighted by molar-refractivity contribution is 5.79. The Hall–Kier alpha value is -1.75. The third kappa shape index (κ3) is 3.88. The van der Waals surface area contributed by atoms with Crippen molar-refractivity contribution in [2.45, 2.75) is 13.3 Å². The van der Waals surface area contributed by atoms with Crippen molar-refractivity contribution in [2.24, 2.45) is 5.92 Å². The molecule has 1 aromatic rings. The fourth-order valence-electron chi connectivity index (χ4n) is 2.65. The third-order valence-corrected chi connectivity index (χ3v) is 3.84. The summed E-state index contributed by atoms with van der Waals surface area (Å²) >= 11 is 0. The minimum absolute atomic E-state index is 0.0267. The number of methoxy groups -OCH3 is 2. The number of carbonyl (C=O) groups excluding carboxylic acids is 1. The summed E-state index contributed by atoms with van der Waals surface area (Å²) in [5.41, 5.74) is 1.09. The molecule has 5 nitrogen and oxygen atoms in total. The Morgan fingerprint density at radius 3 is 2.52 bits per heavy atom. The molecule has 1 aromatic carbocycles. The van der Waals surface area contributed by atoms with Crippen molar-refractivity contribution >= 4 is 5.91 Å². The van der Waals surface area contributed by atoms with Crippen LogP contribution in [-0.2, 0) is 11.2 Å². The lowest BCUT2D eigenvalue weighted by Crippen LogP contribution is -2.48. The molecule has 1 aliphatic heterocycles. The first-order valence-electron chi connectivity index (χ1n) is 7.36. The first-order chi connectivity index (χ1) is 10.2. The van der Waals surface area contributed by atoms with Gasteiger partial charge in [-0.15, -0.1) is 0 Å². The topological polar surface area (TPSA) is 50.8 Å². The van der Waals surface area contributed by atoms with Gasteiger partial charge in [0.1, 0.15) is 0 Å². The summed E-state index contributed by atoms with van der Waals surface area (Å²) < 4.78 is 10.5. The SMILES string of the molecule is COc1ccc(CC(C)C(=O)N2CCNCC2)cc1OC. The largest absolute Gasteiger partial charge is 0.493 e. The van der Waals surface area contributed by atoms with Gasteiger partial charge in [0.2, 0.25) is 5.91 Å². The number of carbonyl (C=O) groups is 1. The van der Waals surface area contributed by atoms with Gasteiger partial charge in [-0.1, -0.05) is 13.0 Å². The second-order valence-electron chi connectivity index (χ2n) is 5.37. The molecule has 21 heavy (non-hydrogen) atoms. The summed E-state index contributed by atoms with van der Waals surface area (Å²) in [6.45, 7) is 5.36. The Morgan fingerprint density at radius 2 is 1.90 bits per heavy atom. The summed E-state index contributed by atoms with van der Waals surface area (Å²) in [4.78, 5) is 14.4. The maximum Gasteiger partial charge on any atom is 0.225 e. The molecule has 2 rings (SSSR count). The van der Waals surface area contributed by atoms with E-state index in [4.69, 9.17) is 9.47 Å². The zero-order chi connectivity index (χ0) is 15.2. The number of amides is 1. The van der Waals surface area contributed by atoms with Crippen molar-refractivity contribution in [3.05, 3.63) is 23.8 Å². The van der Waals surface area contributed by atoms with Crippen LogP contribution in [0.2, 0.25) is 0 Å². The normalized spacial score (nSPS) is 16.4. The first kappa shape index (κ1) is 15.6. The molecule has 116 valence electrons. The first-order valence-corrected chi connectivity index (χ1v) is 7.36. The predicted molar refractivity (Wildman–Crippen MR) is 81.9 cm³/mol. The van der Waals surface area contributed by atoms with Gasteiger partial charge >= 0.3 is 0 Å². The summed E-state index contributed by atoms with van der Waals surface area (Å²) in [5, 5.41) is 3.26. The highest BCUT2D eigenvalue weighted by Crippen LogP contribution is 2.28. The summed E-state index contributed by atoms with van der Waals surface area (Å²) in [6.07, 6.45) is 0.711. The van der Waals surface area contributed by atoms with Crippen molar-refractivity contribution < 1.29 is 14.3 Å². The van der Waals surface area contributed by atoms with Crippen LogP contribution in [0, 0.1) is 5.92 Å². The van der Waals surface area contributed by atoms with Crippen LogP contribution in [0.5, 0.6) is 11.5 Å². The minimum Gasteiger partial charge on any atom is -0.493 e. The van der Waals surface area contributed by atoms with Gasteiger partial charge in [0.25, 0.3) is 0 Å². The molecule has 0 spiro atoms. The second kappa shape index (κ2) is 7.31. The van der Waals surface area contributed by atoms with E-state index in [1.54, 1.807) is 14.2 Å². The summed E-state index contributed by atoms with van der Waals surface area (Å²) in [6, 6.07) is 5.82. The van der Waals surface area contributed by atoms with E-state index in [1.807, 2.05) is 30.0 Å². The monoisotopic (exact) mass is 292 g/mol. The van der Waals surface area contributed by atoms with Gasteiger partial charge in [0.15, 0.2) is 11.5 Å². The highest BCUT2D eigenvalue weighted by Gasteiger charge is 2.22. The molecule has 1 atom stereocenters.